The van der Waals surface area contributed by atoms with Crippen LogP contribution in [0.15, 0.2) is 48.5 Å². The summed E-state index contributed by atoms with van der Waals surface area (Å²) in [7, 11) is 0. The van der Waals surface area contributed by atoms with E-state index in [-0.39, 0.29) is 11.6 Å². The van der Waals surface area contributed by atoms with Gasteiger partial charge < -0.3 is 5.32 Å². The van der Waals surface area contributed by atoms with Crippen molar-refractivity contribution < 1.29 is 8.78 Å². The molecule has 0 bridgehead atoms. The number of rotatable bonds is 5. The van der Waals surface area contributed by atoms with Crippen molar-refractivity contribution in [2.75, 3.05) is 6.54 Å². The van der Waals surface area contributed by atoms with Crippen LogP contribution in [0.4, 0.5) is 8.78 Å². The van der Waals surface area contributed by atoms with Gasteiger partial charge in [0.1, 0.15) is 11.6 Å². The zero-order chi connectivity index (χ0) is 14.7. The largest absolute Gasteiger partial charge is 0.314 e. The summed E-state index contributed by atoms with van der Waals surface area (Å²) in [6.07, 6.45) is 2.60. The van der Waals surface area contributed by atoms with Crippen molar-refractivity contribution in [1.82, 2.24) is 5.32 Å². The van der Waals surface area contributed by atoms with Gasteiger partial charge in [-0.15, -0.1) is 0 Å². The molecule has 2 aromatic carbocycles. The van der Waals surface area contributed by atoms with Crippen molar-refractivity contribution in [2.24, 2.45) is 0 Å². The van der Waals surface area contributed by atoms with Gasteiger partial charge in [0.2, 0.25) is 0 Å². The molecule has 0 atom stereocenters. The van der Waals surface area contributed by atoms with Gasteiger partial charge in [0.05, 0.1) is 0 Å². The Hall–Kier alpha value is -1.74. The van der Waals surface area contributed by atoms with E-state index in [4.69, 9.17) is 0 Å². The summed E-state index contributed by atoms with van der Waals surface area (Å²) in [5.74, 6) is 0.0709. The molecule has 0 amide bonds. The van der Waals surface area contributed by atoms with Crippen LogP contribution in [0, 0.1) is 11.6 Å². The molecule has 0 unspecified atom stereocenters. The summed E-state index contributed by atoms with van der Waals surface area (Å²) >= 11 is 0. The fraction of sp³-hybridized carbons (Fsp3) is 0.333. The van der Waals surface area contributed by atoms with E-state index in [2.05, 4.69) is 5.32 Å². The number of nitrogens with one attached hydrogen (secondary N) is 1. The molecule has 1 N–H and O–H groups in total. The summed E-state index contributed by atoms with van der Waals surface area (Å²) in [4.78, 5) is 0. The van der Waals surface area contributed by atoms with Gasteiger partial charge in [-0.05, 0) is 55.0 Å². The monoisotopic (exact) mass is 287 g/mol. The third kappa shape index (κ3) is 3.30. The van der Waals surface area contributed by atoms with Crippen LogP contribution >= 0.6 is 0 Å². The van der Waals surface area contributed by atoms with Gasteiger partial charge in [-0.25, -0.2) is 8.78 Å². The van der Waals surface area contributed by atoms with E-state index in [0.29, 0.717) is 18.4 Å². The van der Waals surface area contributed by atoms with Crippen molar-refractivity contribution in [3.63, 3.8) is 0 Å². The first-order chi connectivity index (χ1) is 10.2. The van der Waals surface area contributed by atoms with Gasteiger partial charge >= 0.3 is 0 Å². The van der Waals surface area contributed by atoms with E-state index in [1.165, 1.54) is 12.1 Å². The zero-order valence-electron chi connectivity index (χ0n) is 11.9. The Morgan fingerprint density at radius 1 is 0.905 bits per heavy atom. The summed E-state index contributed by atoms with van der Waals surface area (Å²) in [5, 5.41) is 3.42. The molecule has 3 rings (SSSR count). The van der Waals surface area contributed by atoms with Gasteiger partial charge in [0.15, 0.2) is 0 Å². The number of hydrogen-bond donors (Lipinski definition) is 1. The Labute approximate surface area is 124 Å². The van der Waals surface area contributed by atoms with Gasteiger partial charge in [-0.3, -0.25) is 0 Å². The molecule has 1 saturated carbocycles. The van der Waals surface area contributed by atoms with Gasteiger partial charge in [-0.2, -0.15) is 0 Å². The average Bonchev–Trinajstić information content (AvgIpc) is 2.44. The third-order valence-electron chi connectivity index (χ3n) is 4.27. The van der Waals surface area contributed by atoms with Gasteiger partial charge in [0, 0.05) is 6.04 Å². The molecule has 1 aliphatic rings. The van der Waals surface area contributed by atoms with E-state index >= 15 is 0 Å². The molecule has 0 aromatic heterocycles. The average molecular weight is 287 g/mol. The normalized spacial score (nSPS) is 21.0. The number of benzene rings is 2. The van der Waals surface area contributed by atoms with Crippen LogP contribution in [0.3, 0.4) is 0 Å². The lowest BCUT2D eigenvalue weighted by Gasteiger charge is -2.36. The predicted molar refractivity (Wildman–Crippen MR) is 80.3 cm³/mol. The minimum atomic E-state index is -0.142. The van der Waals surface area contributed by atoms with Gasteiger partial charge in [-0.1, -0.05) is 36.4 Å². The van der Waals surface area contributed by atoms with Crippen molar-refractivity contribution in [1.29, 1.82) is 0 Å². The Morgan fingerprint density at radius 2 is 1.57 bits per heavy atom. The van der Waals surface area contributed by atoms with Gasteiger partial charge in [0.25, 0.3) is 0 Å². The van der Waals surface area contributed by atoms with Crippen molar-refractivity contribution in [3.05, 3.63) is 71.3 Å². The van der Waals surface area contributed by atoms with E-state index < -0.39 is 0 Å². The van der Waals surface area contributed by atoms with Crippen molar-refractivity contribution in [2.45, 2.75) is 31.2 Å². The van der Waals surface area contributed by atoms with Crippen molar-refractivity contribution in [3.8, 4) is 0 Å². The molecule has 1 fully saturated rings. The van der Waals surface area contributed by atoms with E-state index in [9.17, 15) is 8.78 Å². The van der Waals surface area contributed by atoms with E-state index in [1.807, 2.05) is 24.3 Å². The molecule has 1 nitrogen and oxygen atoms in total. The second-order valence-electron chi connectivity index (χ2n) is 5.68. The van der Waals surface area contributed by atoms with Crippen LogP contribution in [-0.2, 0) is 6.42 Å². The molecule has 110 valence electrons. The van der Waals surface area contributed by atoms with Crippen LogP contribution in [0.25, 0.3) is 0 Å². The third-order valence-corrected chi connectivity index (χ3v) is 4.27. The first kappa shape index (κ1) is 14.2. The second-order valence-corrected chi connectivity index (χ2v) is 5.68. The topological polar surface area (TPSA) is 12.0 Å². The molecule has 0 radical (unpaired) electrons. The molecular weight excluding hydrogens is 268 g/mol. The molecule has 21 heavy (non-hydrogen) atoms. The fourth-order valence-corrected chi connectivity index (χ4v) is 2.96. The highest BCUT2D eigenvalue weighted by atomic mass is 19.1. The first-order valence-corrected chi connectivity index (χ1v) is 7.45. The Bertz CT molecular complexity index is 606. The Morgan fingerprint density at radius 3 is 2.29 bits per heavy atom. The number of hydrogen-bond acceptors (Lipinski definition) is 1. The van der Waals surface area contributed by atoms with E-state index in [0.717, 1.165) is 30.5 Å². The molecule has 2 aromatic rings. The van der Waals surface area contributed by atoms with Crippen LogP contribution in [0.1, 0.15) is 29.9 Å². The van der Waals surface area contributed by atoms with E-state index in [1.54, 1.807) is 12.1 Å². The van der Waals surface area contributed by atoms with Crippen LogP contribution < -0.4 is 5.32 Å². The fourth-order valence-electron chi connectivity index (χ4n) is 2.96. The standard InChI is InChI=1S/C18H19F2N/c19-17-7-3-1-5-13(17)9-10-21-15-11-14(12-15)16-6-2-4-8-18(16)20/h1-8,14-15,21H,9-12H2. The lowest BCUT2D eigenvalue weighted by Crippen LogP contribution is -2.41. The number of halogens is 2. The minimum Gasteiger partial charge on any atom is -0.314 e. The lowest BCUT2D eigenvalue weighted by molar-refractivity contribution is 0.287. The maximum absolute atomic E-state index is 13.6. The highest BCUT2D eigenvalue weighted by Crippen LogP contribution is 2.37. The summed E-state index contributed by atoms with van der Waals surface area (Å²) in [6, 6.07) is 14.3. The lowest BCUT2D eigenvalue weighted by atomic mass is 9.75. The summed E-state index contributed by atoms with van der Waals surface area (Å²) < 4.78 is 27.1. The molecule has 0 aliphatic heterocycles. The Kier molecular flexibility index (Phi) is 4.30. The zero-order valence-corrected chi connectivity index (χ0v) is 11.9. The molecule has 0 spiro atoms. The van der Waals surface area contributed by atoms with Crippen molar-refractivity contribution >= 4 is 0 Å². The van der Waals surface area contributed by atoms with Crippen LogP contribution in [0.2, 0.25) is 0 Å². The minimum absolute atomic E-state index is 0.104. The smallest absolute Gasteiger partial charge is 0.126 e. The highest BCUT2D eigenvalue weighted by Gasteiger charge is 2.31. The molecule has 1 aliphatic carbocycles. The SMILES string of the molecule is Fc1ccccc1CCNC1CC(c2ccccc2F)C1. The quantitative estimate of drug-likeness (QED) is 0.875. The molecule has 3 heteroatoms. The highest BCUT2D eigenvalue weighted by molar-refractivity contribution is 5.25. The second kappa shape index (κ2) is 6.35. The molecule has 0 heterocycles. The van der Waals surface area contributed by atoms with Crippen LogP contribution in [0.5, 0.6) is 0 Å². The predicted octanol–water partition coefficient (Wildman–Crippen LogP) is 4.04. The maximum atomic E-state index is 13.6. The Balaban J connectivity index is 1.44. The maximum Gasteiger partial charge on any atom is 0.126 e. The molecular formula is C18H19F2N. The van der Waals surface area contributed by atoms with Crippen LogP contribution in [-0.4, -0.2) is 12.6 Å². The molecule has 0 saturated heterocycles. The summed E-state index contributed by atoms with van der Waals surface area (Å²) in [6.45, 7) is 0.760. The summed E-state index contributed by atoms with van der Waals surface area (Å²) in [5.41, 5.74) is 1.57. The first-order valence-electron chi connectivity index (χ1n) is 7.45.